The summed E-state index contributed by atoms with van der Waals surface area (Å²) in [5.74, 6) is 0.549. The molecule has 0 saturated carbocycles. The summed E-state index contributed by atoms with van der Waals surface area (Å²) in [7, 11) is 0. The Labute approximate surface area is 169 Å². The van der Waals surface area contributed by atoms with Crippen LogP contribution in [-0.2, 0) is 6.54 Å². The number of hydrogen-bond donors (Lipinski definition) is 1. The second kappa shape index (κ2) is 7.55. The molecule has 3 aromatic carbocycles. The Morgan fingerprint density at radius 3 is 2.41 bits per heavy atom. The van der Waals surface area contributed by atoms with Gasteiger partial charge >= 0.3 is 0 Å². The lowest BCUT2D eigenvalue weighted by Crippen LogP contribution is -2.31. The Bertz CT molecular complexity index is 1150. The molecular formula is C21H15BrClN3O. The van der Waals surface area contributed by atoms with Gasteiger partial charge in [0.1, 0.15) is 0 Å². The van der Waals surface area contributed by atoms with Crippen molar-refractivity contribution in [1.29, 1.82) is 0 Å². The quantitative estimate of drug-likeness (QED) is 0.473. The van der Waals surface area contributed by atoms with E-state index in [1.165, 1.54) is 4.68 Å². The molecule has 27 heavy (non-hydrogen) atoms. The molecule has 0 spiro atoms. The van der Waals surface area contributed by atoms with E-state index >= 15 is 0 Å². The first-order chi connectivity index (χ1) is 13.1. The Balaban J connectivity index is 1.82. The van der Waals surface area contributed by atoms with Crippen molar-refractivity contribution in [1.82, 2.24) is 9.66 Å². The van der Waals surface area contributed by atoms with Gasteiger partial charge in [-0.3, -0.25) is 4.79 Å². The van der Waals surface area contributed by atoms with E-state index in [0.717, 1.165) is 15.6 Å². The Kier molecular flexibility index (Phi) is 4.97. The summed E-state index contributed by atoms with van der Waals surface area (Å²) >= 11 is 9.44. The van der Waals surface area contributed by atoms with Crippen LogP contribution in [0.15, 0.2) is 82.1 Å². The molecule has 0 aliphatic rings. The van der Waals surface area contributed by atoms with Crippen LogP contribution in [0.2, 0.25) is 5.02 Å². The van der Waals surface area contributed by atoms with Gasteiger partial charge in [0.25, 0.3) is 5.56 Å². The topological polar surface area (TPSA) is 46.9 Å². The monoisotopic (exact) mass is 439 g/mol. The maximum Gasteiger partial charge on any atom is 0.280 e. The first-order valence-electron chi connectivity index (χ1n) is 8.38. The summed E-state index contributed by atoms with van der Waals surface area (Å²) in [4.78, 5) is 17.8. The fourth-order valence-electron chi connectivity index (χ4n) is 2.84. The summed E-state index contributed by atoms with van der Waals surface area (Å²) in [6, 6.07) is 22.6. The molecule has 1 aromatic heterocycles. The smallest absolute Gasteiger partial charge is 0.280 e. The third kappa shape index (κ3) is 3.75. The van der Waals surface area contributed by atoms with Gasteiger partial charge in [0.05, 0.1) is 17.4 Å². The lowest BCUT2D eigenvalue weighted by Gasteiger charge is -2.16. The molecule has 0 aliphatic carbocycles. The molecule has 0 amide bonds. The molecule has 4 rings (SSSR count). The van der Waals surface area contributed by atoms with Crippen LogP contribution in [0.3, 0.4) is 0 Å². The maximum atomic E-state index is 13.1. The number of para-hydroxylation sites is 1. The number of rotatable bonds is 4. The minimum absolute atomic E-state index is 0.136. The molecule has 0 aliphatic heterocycles. The highest BCUT2D eigenvalue weighted by atomic mass is 79.9. The largest absolute Gasteiger partial charge is 0.317 e. The highest BCUT2D eigenvalue weighted by Crippen LogP contribution is 2.21. The fraction of sp³-hybridized carbons (Fsp3) is 0.0476. The Morgan fingerprint density at radius 1 is 0.963 bits per heavy atom. The first kappa shape index (κ1) is 17.8. The van der Waals surface area contributed by atoms with Gasteiger partial charge in [-0.1, -0.05) is 51.8 Å². The van der Waals surface area contributed by atoms with Crippen LogP contribution < -0.4 is 11.0 Å². The number of hydrogen-bond acceptors (Lipinski definition) is 3. The van der Waals surface area contributed by atoms with E-state index < -0.39 is 0 Å². The van der Waals surface area contributed by atoms with Crippen molar-refractivity contribution in [3.8, 4) is 11.4 Å². The minimum Gasteiger partial charge on any atom is -0.317 e. The molecule has 0 radical (unpaired) electrons. The standard InChI is InChI=1S/C21H15BrClN3O/c22-16-9-5-14(6-10-16)13-24-26-20(15-7-11-17(23)12-8-15)25-19-4-2-1-3-18(19)21(26)27/h1-12,24H,13H2. The van der Waals surface area contributed by atoms with Gasteiger partial charge in [0, 0.05) is 15.1 Å². The number of aromatic nitrogens is 2. The third-order valence-corrected chi connectivity index (χ3v) is 5.01. The highest BCUT2D eigenvalue weighted by Gasteiger charge is 2.12. The van der Waals surface area contributed by atoms with Crippen molar-refractivity contribution in [2.24, 2.45) is 0 Å². The molecule has 1 heterocycles. The molecule has 6 heteroatoms. The lowest BCUT2D eigenvalue weighted by atomic mass is 10.2. The zero-order chi connectivity index (χ0) is 18.8. The van der Waals surface area contributed by atoms with E-state index in [1.807, 2.05) is 54.6 Å². The summed E-state index contributed by atoms with van der Waals surface area (Å²) < 4.78 is 2.52. The second-order valence-electron chi connectivity index (χ2n) is 6.06. The average molecular weight is 441 g/mol. The third-order valence-electron chi connectivity index (χ3n) is 4.23. The summed E-state index contributed by atoms with van der Waals surface area (Å²) in [6.45, 7) is 0.494. The molecule has 0 unspecified atom stereocenters. The van der Waals surface area contributed by atoms with Crippen molar-refractivity contribution in [2.45, 2.75) is 6.54 Å². The second-order valence-corrected chi connectivity index (χ2v) is 7.41. The number of benzene rings is 3. The molecule has 1 N–H and O–H groups in total. The van der Waals surface area contributed by atoms with Crippen LogP contribution in [0.5, 0.6) is 0 Å². The van der Waals surface area contributed by atoms with Gasteiger partial charge in [0.15, 0.2) is 5.82 Å². The number of halogens is 2. The van der Waals surface area contributed by atoms with Crippen LogP contribution in [0.1, 0.15) is 5.56 Å². The van der Waals surface area contributed by atoms with E-state index in [0.29, 0.717) is 28.3 Å². The number of nitrogens with zero attached hydrogens (tertiary/aromatic N) is 2. The summed E-state index contributed by atoms with van der Waals surface area (Å²) in [5.41, 5.74) is 5.61. The zero-order valence-electron chi connectivity index (χ0n) is 14.2. The van der Waals surface area contributed by atoms with E-state index in [-0.39, 0.29) is 5.56 Å². The molecule has 0 fully saturated rings. The average Bonchev–Trinajstić information content (AvgIpc) is 2.69. The van der Waals surface area contributed by atoms with Gasteiger partial charge in [-0.15, -0.1) is 0 Å². The van der Waals surface area contributed by atoms with E-state index in [2.05, 4.69) is 21.4 Å². The van der Waals surface area contributed by atoms with Gasteiger partial charge in [-0.05, 0) is 54.1 Å². The van der Waals surface area contributed by atoms with Crippen molar-refractivity contribution in [2.75, 3.05) is 5.43 Å². The van der Waals surface area contributed by atoms with Gasteiger partial charge in [-0.2, -0.15) is 0 Å². The molecule has 134 valence electrons. The molecule has 0 saturated heterocycles. The first-order valence-corrected chi connectivity index (χ1v) is 9.55. The normalized spacial score (nSPS) is 10.9. The predicted molar refractivity (Wildman–Crippen MR) is 114 cm³/mol. The summed E-state index contributed by atoms with van der Waals surface area (Å²) in [5, 5.41) is 1.20. The fourth-order valence-corrected chi connectivity index (χ4v) is 3.23. The number of nitrogens with one attached hydrogen (secondary N) is 1. The van der Waals surface area contributed by atoms with Crippen LogP contribution in [0.4, 0.5) is 0 Å². The van der Waals surface area contributed by atoms with Gasteiger partial charge in [0.2, 0.25) is 0 Å². The number of fused-ring (bicyclic) bond motifs is 1. The Hall–Kier alpha value is -2.63. The van der Waals surface area contributed by atoms with E-state index in [1.54, 1.807) is 18.2 Å². The van der Waals surface area contributed by atoms with E-state index in [9.17, 15) is 4.79 Å². The lowest BCUT2D eigenvalue weighted by molar-refractivity contribution is 0.801. The van der Waals surface area contributed by atoms with Crippen molar-refractivity contribution in [3.05, 3.63) is 98.2 Å². The maximum absolute atomic E-state index is 13.1. The summed E-state index contributed by atoms with van der Waals surface area (Å²) in [6.07, 6.45) is 0. The van der Waals surface area contributed by atoms with Crippen LogP contribution >= 0.6 is 27.5 Å². The SMILES string of the molecule is O=c1c2ccccc2nc(-c2ccc(Cl)cc2)n1NCc1ccc(Br)cc1. The van der Waals surface area contributed by atoms with Crippen LogP contribution in [0.25, 0.3) is 22.3 Å². The molecule has 0 atom stereocenters. The molecular weight excluding hydrogens is 426 g/mol. The molecule has 4 aromatic rings. The molecule has 0 bridgehead atoms. The van der Waals surface area contributed by atoms with Crippen molar-refractivity contribution < 1.29 is 0 Å². The predicted octanol–water partition coefficient (Wildman–Crippen LogP) is 5.22. The van der Waals surface area contributed by atoms with Gasteiger partial charge < -0.3 is 5.43 Å². The van der Waals surface area contributed by atoms with Crippen molar-refractivity contribution >= 4 is 38.4 Å². The Morgan fingerprint density at radius 2 is 1.67 bits per heavy atom. The molecule has 4 nitrogen and oxygen atoms in total. The van der Waals surface area contributed by atoms with E-state index in [4.69, 9.17) is 16.6 Å². The van der Waals surface area contributed by atoms with Crippen LogP contribution in [0, 0.1) is 0 Å². The zero-order valence-corrected chi connectivity index (χ0v) is 16.5. The van der Waals surface area contributed by atoms with Crippen LogP contribution in [-0.4, -0.2) is 9.66 Å². The van der Waals surface area contributed by atoms with Crippen molar-refractivity contribution in [3.63, 3.8) is 0 Å². The minimum atomic E-state index is -0.136. The van der Waals surface area contributed by atoms with Gasteiger partial charge in [-0.25, -0.2) is 9.66 Å². The highest BCUT2D eigenvalue weighted by molar-refractivity contribution is 9.10.